The van der Waals surface area contributed by atoms with Gasteiger partial charge in [-0.05, 0) is 37.5 Å². The van der Waals surface area contributed by atoms with E-state index in [1.54, 1.807) is 16.4 Å². The number of ether oxygens (including phenoxy) is 1. The summed E-state index contributed by atoms with van der Waals surface area (Å²) in [7, 11) is -3.64. The third-order valence-electron chi connectivity index (χ3n) is 5.36. The van der Waals surface area contributed by atoms with Crippen LogP contribution in [0.4, 0.5) is 0 Å². The largest absolute Gasteiger partial charge is 0.379 e. The molecule has 1 saturated heterocycles. The van der Waals surface area contributed by atoms with Crippen molar-refractivity contribution in [2.24, 2.45) is 0 Å². The molecule has 0 aliphatic carbocycles. The molecule has 0 saturated carbocycles. The summed E-state index contributed by atoms with van der Waals surface area (Å²) in [5, 5.41) is 0.00353. The lowest BCUT2D eigenvalue weighted by Crippen LogP contribution is -2.46. The zero-order valence-corrected chi connectivity index (χ0v) is 20.1. The van der Waals surface area contributed by atoms with E-state index >= 15 is 0 Å². The molecular weight excluding hydrogens is 420 g/mol. The highest BCUT2D eigenvalue weighted by molar-refractivity contribution is 8.13. The van der Waals surface area contributed by atoms with Gasteiger partial charge in [0, 0.05) is 44.9 Å². The van der Waals surface area contributed by atoms with Crippen LogP contribution in [-0.2, 0) is 26.0 Å². The molecule has 0 radical (unpaired) electrons. The monoisotopic (exact) mass is 456 g/mol. The van der Waals surface area contributed by atoms with Crippen LogP contribution in [0.15, 0.2) is 29.2 Å². The second-order valence-corrected chi connectivity index (χ2v) is 10.9. The summed E-state index contributed by atoms with van der Waals surface area (Å²) in [6, 6.07) is 7.04. The van der Waals surface area contributed by atoms with Crippen LogP contribution in [0.2, 0.25) is 0 Å². The van der Waals surface area contributed by atoms with Gasteiger partial charge < -0.3 is 4.74 Å². The zero-order chi connectivity index (χ0) is 22.0. The maximum atomic E-state index is 13.5. The van der Waals surface area contributed by atoms with Crippen molar-refractivity contribution in [3.63, 3.8) is 0 Å². The van der Waals surface area contributed by atoms with E-state index in [9.17, 15) is 13.2 Å². The number of aryl methyl sites for hydroxylation is 1. The molecule has 1 aromatic carbocycles. The Balaban J connectivity index is 2.13. The van der Waals surface area contributed by atoms with E-state index in [1.165, 1.54) is 37.1 Å². The van der Waals surface area contributed by atoms with E-state index in [4.69, 9.17) is 4.74 Å². The summed E-state index contributed by atoms with van der Waals surface area (Å²) < 4.78 is 33.9. The lowest BCUT2D eigenvalue weighted by Gasteiger charge is -2.32. The molecule has 1 aliphatic rings. The number of nitrogens with zero attached hydrogens (tertiary/aromatic N) is 2. The van der Waals surface area contributed by atoms with Gasteiger partial charge in [0.15, 0.2) is 5.12 Å². The van der Waals surface area contributed by atoms with Crippen LogP contribution in [0.3, 0.4) is 0 Å². The molecule has 30 heavy (non-hydrogen) atoms. The zero-order valence-electron chi connectivity index (χ0n) is 18.5. The van der Waals surface area contributed by atoms with Crippen molar-refractivity contribution in [2.75, 3.05) is 45.1 Å². The third kappa shape index (κ3) is 7.96. The van der Waals surface area contributed by atoms with E-state index in [0.717, 1.165) is 25.9 Å². The van der Waals surface area contributed by atoms with Gasteiger partial charge >= 0.3 is 0 Å². The summed E-state index contributed by atoms with van der Waals surface area (Å²) in [6.07, 6.45) is 4.44. The Morgan fingerprint density at radius 2 is 1.87 bits per heavy atom. The van der Waals surface area contributed by atoms with Gasteiger partial charge in [0.05, 0.1) is 18.1 Å². The van der Waals surface area contributed by atoms with Crippen molar-refractivity contribution in [3.05, 3.63) is 29.8 Å². The molecule has 1 atom stereocenters. The fourth-order valence-electron chi connectivity index (χ4n) is 3.51. The molecule has 1 aromatic rings. The summed E-state index contributed by atoms with van der Waals surface area (Å²) in [4.78, 5) is 14.0. The number of sulfonamides is 1. The van der Waals surface area contributed by atoms with E-state index in [-0.39, 0.29) is 11.2 Å². The Bertz CT molecular complexity index is 747. The highest BCUT2D eigenvalue weighted by atomic mass is 32.2. The number of hydrogen-bond acceptors (Lipinski definition) is 6. The van der Waals surface area contributed by atoms with Gasteiger partial charge in [-0.25, -0.2) is 8.42 Å². The molecule has 0 N–H and O–H groups in total. The van der Waals surface area contributed by atoms with Crippen LogP contribution in [0, 0.1) is 0 Å². The minimum absolute atomic E-state index is 0.00353. The molecule has 0 amide bonds. The first-order valence-electron chi connectivity index (χ1n) is 10.9. The van der Waals surface area contributed by atoms with Crippen molar-refractivity contribution >= 4 is 26.9 Å². The Labute approximate surface area is 186 Å². The standard InChI is InChI=1S/C22H36N2O4S2/c1-4-5-6-7-21-8-10-22(11-9-21)30(26,27)24(19(2)18-29-20(3)25)13-12-23-14-16-28-17-15-23/h8-11,19H,4-7,12-18H2,1-3H3. The molecule has 1 unspecified atom stereocenters. The maximum absolute atomic E-state index is 13.5. The lowest BCUT2D eigenvalue weighted by atomic mass is 10.1. The number of hydrogen-bond donors (Lipinski definition) is 0. The smallest absolute Gasteiger partial charge is 0.243 e. The number of benzene rings is 1. The van der Waals surface area contributed by atoms with E-state index in [0.29, 0.717) is 37.0 Å². The van der Waals surface area contributed by atoms with Gasteiger partial charge in [-0.2, -0.15) is 4.31 Å². The predicted molar refractivity (Wildman–Crippen MR) is 123 cm³/mol. The Morgan fingerprint density at radius 3 is 2.47 bits per heavy atom. The number of thioether (sulfide) groups is 1. The summed E-state index contributed by atoms with van der Waals surface area (Å²) >= 11 is 1.18. The van der Waals surface area contributed by atoms with Crippen molar-refractivity contribution in [2.45, 2.75) is 57.4 Å². The van der Waals surface area contributed by atoms with Crippen LogP contribution < -0.4 is 0 Å². The molecule has 1 aliphatic heterocycles. The third-order valence-corrected chi connectivity index (χ3v) is 8.44. The van der Waals surface area contributed by atoms with Crippen LogP contribution in [-0.4, -0.2) is 73.9 Å². The first-order valence-corrected chi connectivity index (χ1v) is 13.3. The number of morpholine rings is 1. The van der Waals surface area contributed by atoms with Gasteiger partial charge in [0.1, 0.15) is 0 Å². The summed E-state index contributed by atoms with van der Waals surface area (Å²) in [5.41, 5.74) is 1.17. The second-order valence-electron chi connectivity index (χ2n) is 7.82. The first kappa shape index (κ1) is 25.3. The Morgan fingerprint density at radius 1 is 1.20 bits per heavy atom. The van der Waals surface area contributed by atoms with E-state index < -0.39 is 10.0 Å². The quantitative estimate of drug-likeness (QED) is 0.449. The SMILES string of the molecule is CCCCCc1ccc(S(=O)(=O)N(CCN2CCOCC2)C(C)CSC(C)=O)cc1. The summed E-state index contributed by atoms with van der Waals surface area (Å²) in [5.74, 6) is 0.451. The predicted octanol–water partition coefficient (Wildman–Crippen LogP) is 3.41. The van der Waals surface area contributed by atoms with E-state index in [2.05, 4.69) is 11.8 Å². The highest BCUT2D eigenvalue weighted by Gasteiger charge is 2.30. The number of rotatable bonds is 12. The molecular formula is C22H36N2O4S2. The van der Waals surface area contributed by atoms with Crippen molar-refractivity contribution in [1.82, 2.24) is 9.21 Å². The fourth-order valence-corrected chi connectivity index (χ4v) is 5.88. The molecule has 1 heterocycles. The van der Waals surface area contributed by atoms with Crippen LogP contribution >= 0.6 is 11.8 Å². The molecule has 8 heteroatoms. The average Bonchev–Trinajstić information content (AvgIpc) is 2.73. The molecule has 0 spiro atoms. The number of carbonyl (C=O) groups excluding carboxylic acids is 1. The lowest BCUT2D eigenvalue weighted by molar-refractivity contribution is -0.109. The topological polar surface area (TPSA) is 66.9 Å². The number of unbranched alkanes of at least 4 members (excludes halogenated alkanes) is 2. The van der Waals surface area contributed by atoms with Crippen molar-refractivity contribution < 1.29 is 17.9 Å². The van der Waals surface area contributed by atoms with Crippen LogP contribution in [0.25, 0.3) is 0 Å². The normalized spacial score (nSPS) is 16.7. The highest BCUT2D eigenvalue weighted by Crippen LogP contribution is 2.22. The van der Waals surface area contributed by atoms with Gasteiger partial charge in [-0.1, -0.05) is 43.7 Å². The molecule has 170 valence electrons. The van der Waals surface area contributed by atoms with Crippen LogP contribution in [0.1, 0.15) is 45.6 Å². The van der Waals surface area contributed by atoms with Gasteiger partial charge in [-0.15, -0.1) is 0 Å². The average molecular weight is 457 g/mol. The molecule has 6 nitrogen and oxygen atoms in total. The minimum atomic E-state index is -3.64. The fraction of sp³-hybridized carbons (Fsp3) is 0.682. The molecule has 0 bridgehead atoms. The van der Waals surface area contributed by atoms with Gasteiger partial charge in [-0.3, -0.25) is 9.69 Å². The van der Waals surface area contributed by atoms with E-state index in [1.807, 2.05) is 19.1 Å². The first-order chi connectivity index (χ1) is 14.3. The molecule has 1 fully saturated rings. The van der Waals surface area contributed by atoms with Crippen LogP contribution in [0.5, 0.6) is 0 Å². The molecule has 0 aromatic heterocycles. The second kappa shape index (κ2) is 12.8. The Hall–Kier alpha value is -0.930. The van der Waals surface area contributed by atoms with Gasteiger partial charge in [0.25, 0.3) is 0 Å². The van der Waals surface area contributed by atoms with Crippen molar-refractivity contribution in [1.29, 1.82) is 0 Å². The maximum Gasteiger partial charge on any atom is 0.243 e. The number of carbonyl (C=O) groups is 1. The van der Waals surface area contributed by atoms with Gasteiger partial charge in [0.2, 0.25) is 10.0 Å². The Kier molecular flexibility index (Phi) is 10.8. The minimum Gasteiger partial charge on any atom is -0.379 e. The molecule has 2 rings (SSSR count). The van der Waals surface area contributed by atoms with Crippen molar-refractivity contribution in [3.8, 4) is 0 Å². The summed E-state index contributed by atoms with van der Waals surface area (Å²) in [6.45, 7) is 9.63.